The molecule has 0 fully saturated rings. The van der Waals surface area contributed by atoms with Gasteiger partial charge in [0.15, 0.2) is 0 Å². The van der Waals surface area contributed by atoms with Gasteiger partial charge in [-0.1, -0.05) is 6.07 Å². The second kappa shape index (κ2) is 4.40. The van der Waals surface area contributed by atoms with Crippen LogP contribution >= 0.6 is 0 Å². The summed E-state index contributed by atoms with van der Waals surface area (Å²) in [6.07, 6.45) is 1.52. The Labute approximate surface area is 65.1 Å². The molecule has 0 aliphatic heterocycles. The van der Waals surface area contributed by atoms with Gasteiger partial charge in [0, 0.05) is 5.69 Å². The van der Waals surface area contributed by atoms with E-state index in [1.807, 2.05) is 25.1 Å². The standard InChI is InChI=1S/C7H9N3.H2O/c1-6-3-2-4-7(10-6)5-9-8;/h2-5H,8H2,1H3;1H2/b9-5-;. The van der Waals surface area contributed by atoms with Gasteiger partial charge in [0.2, 0.25) is 0 Å². The number of hydrogen-bond donors (Lipinski definition) is 1. The third-order valence-electron chi connectivity index (χ3n) is 1.12. The average molecular weight is 153 g/mol. The monoisotopic (exact) mass is 153 g/mol. The lowest BCUT2D eigenvalue weighted by Crippen LogP contribution is -1.91. The van der Waals surface area contributed by atoms with Crippen molar-refractivity contribution in [2.75, 3.05) is 0 Å². The largest absolute Gasteiger partial charge is 0.412 e. The van der Waals surface area contributed by atoms with Crippen LogP contribution in [-0.4, -0.2) is 16.7 Å². The van der Waals surface area contributed by atoms with E-state index in [0.717, 1.165) is 11.4 Å². The maximum atomic E-state index is 4.94. The highest BCUT2D eigenvalue weighted by Crippen LogP contribution is 1.93. The van der Waals surface area contributed by atoms with Crippen molar-refractivity contribution in [3.63, 3.8) is 0 Å². The van der Waals surface area contributed by atoms with Gasteiger partial charge in [0.25, 0.3) is 0 Å². The highest BCUT2D eigenvalue weighted by Gasteiger charge is 1.87. The quantitative estimate of drug-likeness (QED) is 0.346. The van der Waals surface area contributed by atoms with Crippen molar-refractivity contribution in [1.29, 1.82) is 0 Å². The normalized spacial score (nSPS) is 9.55. The fourth-order valence-electron chi connectivity index (χ4n) is 0.712. The van der Waals surface area contributed by atoms with Gasteiger partial charge in [-0.15, -0.1) is 0 Å². The molecule has 0 bridgehead atoms. The zero-order valence-corrected chi connectivity index (χ0v) is 6.28. The van der Waals surface area contributed by atoms with Crippen molar-refractivity contribution < 1.29 is 5.48 Å². The molecule has 0 saturated heterocycles. The molecular weight excluding hydrogens is 142 g/mol. The molecule has 4 heteroatoms. The fourth-order valence-corrected chi connectivity index (χ4v) is 0.712. The Hall–Kier alpha value is -1.42. The van der Waals surface area contributed by atoms with Crippen LogP contribution in [0.4, 0.5) is 0 Å². The van der Waals surface area contributed by atoms with Crippen LogP contribution in [0.3, 0.4) is 0 Å². The van der Waals surface area contributed by atoms with E-state index in [1.54, 1.807) is 0 Å². The molecular formula is C7H11N3O. The Balaban J connectivity index is 0.000001000. The number of pyridine rings is 1. The van der Waals surface area contributed by atoms with Crippen molar-refractivity contribution in [1.82, 2.24) is 4.98 Å². The molecule has 1 rings (SSSR count). The predicted octanol–water partition coefficient (Wildman–Crippen LogP) is -0.142. The molecule has 0 aliphatic carbocycles. The first-order chi connectivity index (χ1) is 4.83. The molecule has 4 N–H and O–H groups in total. The Kier molecular flexibility index (Phi) is 3.84. The first kappa shape index (κ1) is 9.58. The van der Waals surface area contributed by atoms with Crippen molar-refractivity contribution >= 4 is 6.21 Å². The number of aromatic nitrogens is 1. The fraction of sp³-hybridized carbons (Fsp3) is 0.143. The molecule has 4 nitrogen and oxygen atoms in total. The first-order valence-corrected chi connectivity index (χ1v) is 3.00. The van der Waals surface area contributed by atoms with E-state index in [0.29, 0.717) is 0 Å². The SMILES string of the molecule is Cc1cccc(/C=N\N)n1.O. The molecule has 1 aromatic rings. The zero-order valence-electron chi connectivity index (χ0n) is 6.28. The maximum absolute atomic E-state index is 4.94. The van der Waals surface area contributed by atoms with E-state index in [2.05, 4.69) is 10.1 Å². The van der Waals surface area contributed by atoms with E-state index in [4.69, 9.17) is 5.84 Å². The van der Waals surface area contributed by atoms with Crippen LogP contribution in [0.5, 0.6) is 0 Å². The van der Waals surface area contributed by atoms with Crippen LogP contribution in [0.25, 0.3) is 0 Å². The van der Waals surface area contributed by atoms with E-state index >= 15 is 0 Å². The second-order valence-corrected chi connectivity index (χ2v) is 1.98. The summed E-state index contributed by atoms with van der Waals surface area (Å²) in [5, 5.41) is 3.36. The molecule has 0 atom stereocenters. The lowest BCUT2D eigenvalue weighted by molar-refractivity contribution is 0.824. The number of hydrogen-bond acceptors (Lipinski definition) is 3. The summed E-state index contributed by atoms with van der Waals surface area (Å²) in [6.45, 7) is 1.92. The summed E-state index contributed by atoms with van der Waals surface area (Å²) in [7, 11) is 0. The Morgan fingerprint density at radius 2 is 2.27 bits per heavy atom. The third kappa shape index (κ3) is 2.77. The van der Waals surface area contributed by atoms with Crippen molar-refractivity contribution in [3.05, 3.63) is 29.6 Å². The first-order valence-electron chi connectivity index (χ1n) is 3.00. The van der Waals surface area contributed by atoms with Gasteiger partial charge in [-0.3, -0.25) is 4.98 Å². The minimum Gasteiger partial charge on any atom is -0.412 e. The number of hydrazone groups is 1. The van der Waals surface area contributed by atoms with Crippen LogP contribution < -0.4 is 5.84 Å². The van der Waals surface area contributed by atoms with Crippen LogP contribution in [0.15, 0.2) is 23.3 Å². The van der Waals surface area contributed by atoms with Crippen LogP contribution in [0, 0.1) is 6.92 Å². The smallest absolute Gasteiger partial charge is 0.0833 e. The minimum absolute atomic E-state index is 0. The van der Waals surface area contributed by atoms with Crippen molar-refractivity contribution in [3.8, 4) is 0 Å². The summed E-state index contributed by atoms with van der Waals surface area (Å²) in [6, 6.07) is 5.69. The Morgan fingerprint density at radius 1 is 1.55 bits per heavy atom. The van der Waals surface area contributed by atoms with Gasteiger partial charge in [-0.05, 0) is 19.1 Å². The highest BCUT2D eigenvalue weighted by molar-refractivity contribution is 5.76. The summed E-state index contributed by atoms with van der Waals surface area (Å²) in [5.41, 5.74) is 1.76. The Bertz CT molecular complexity index is 247. The minimum atomic E-state index is 0. The molecule has 1 aromatic heterocycles. The number of nitrogens with two attached hydrogens (primary N) is 1. The van der Waals surface area contributed by atoms with Gasteiger partial charge < -0.3 is 11.3 Å². The van der Waals surface area contributed by atoms with Gasteiger partial charge in [0.05, 0.1) is 11.9 Å². The second-order valence-electron chi connectivity index (χ2n) is 1.98. The summed E-state index contributed by atoms with van der Waals surface area (Å²) < 4.78 is 0. The topological polar surface area (TPSA) is 82.8 Å². The van der Waals surface area contributed by atoms with Gasteiger partial charge in [-0.25, -0.2) is 0 Å². The van der Waals surface area contributed by atoms with Crippen molar-refractivity contribution in [2.45, 2.75) is 6.92 Å². The zero-order chi connectivity index (χ0) is 7.40. The van der Waals surface area contributed by atoms with Gasteiger partial charge >= 0.3 is 0 Å². The van der Waals surface area contributed by atoms with E-state index in [9.17, 15) is 0 Å². The maximum Gasteiger partial charge on any atom is 0.0833 e. The molecule has 60 valence electrons. The van der Waals surface area contributed by atoms with Crippen LogP contribution in [0.2, 0.25) is 0 Å². The molecule has 11 heavy (non-hydrogen) atoms. The Morgan fingerprint density at radius 3 is 2.82 bits per heavy atom. The lowest BCUT2D eigenvalue weighted by atomic mass is 10.3. The van der Waals surface area contributed by atoms with E-state index in [1.165, 1.54) is 6.21 Å². The third-order valence-corrected chi connectivity index (χ3v) is 1.12. The van der Waals surface area contributed by atoms with Crippen molar-refractivity contribution in [2.24, 2.45) is 10.9 Å². The molecule has 0 radical (unpaired) electrons. The van der Waals surface area contributed by atoms with Crippen LogP contribution in [-0.2, 0) is 0 Å². The van der Waals surface area contributed by atoms with Gasteiger partial charge in [-0.2, -0.15) is 5.10 Å². The summed E-state index contributed by atoms with van der Waals surface area (Å²) in [4.78, 5) is 4.13. The summed E-state index contributed by atoms with van der Waals surface area (Å²) in [5.74, 6) is 4.94. The number of aryl methyl sites for hydroxylation is 1. The van der Waals surface area contributed by atoms with E-state index < -0.39 is 0 Å². The van der Waals surface area contributed by atoms with Crippen LogP contribution in [0.1, 0.15) is 11.4 Å². The number of nitrogens with zero attached hydrogens (tertiary/aromatic N) is 2. The highest BCUT2D eigenvalue weighted by atomic mass is 16.0. The predicted molar refractivity (Wildman–Crippen MR) is 44.4 cm³/mol. The molecule has 0 saturated carbocycles. The lowest BCUT2D eigenvalue weighted by Gasteiger charge is -1.91. The average Bonchev–Trinajstić information content (AvgIpc) is 1.88. The van der Waals surface area contributed by atoms with Gasteiger partial charge in [0.1, 0.15) is 0 Å². The molecule has 1 heterocycles. The number of rotatable bonds is 1. The molecule has 0 aliphatic rings. The molecule has 0 aromatic carbocycles. The molecule has 0 amide bonds. The molecule has 0 unspecified atom stereocenters. The summed E-state index contributed by atoms with van der Waals surface area (Å²) >= 11 is 0. The molecule has 0 spiro atoms. The van der Waals surface area contributed by atoms with E-state index in [-0.39, 0.29) is 5.48 Å².